The molecular formula is C24H19BrCl2N4OS. The third-order valence-corrected chi connectivity index (χ3v) is 6.76. The number of halogens is 3. The summed E-state index contributed by atoms with van der Waals surface area (Å²) in [6.07, 6.45) is 1.76. The Hall–Kier alpha value is -2.32. The van der Waals surface area contributed by atoms with Crippen LogP contribution < -0.4 is 4.74 Å². The summed E-state index contributed by atoms with van der Waals surface area (Å²) >= 11 is 17.2. The Morgan fingerprint density at radius 2 is 1.85 bits per heavy atom. The van der Waals surface area contributed by atoms with Crippen molar-refractivity contribution in [2.75, 3.05) is 0 Å². The van der Waals surface area contributed by atoms with E-state index in [-0.39, 0.29) is 0 Å². The number of benzene rings is 3. The van der Waals surface area contributed by atoms with Crippen LogP contribution in [0.25, 0.3) is 0 Å². The van der Waals surface area contributed by atoms with Crippen molar-refractivity contribution in [3.63, 3.8) is 0 Å². The lowest BCUT2D eigenvalue weighted by Gasteiger charge is -2.09. The Balaban J connectivity index is 1.48. The summed E-state index contributed by atoms with van der Waals surface area (Å²) in [6, 6.07) is 21.3. The van der Waals surface area contributed by atoms with Crippen LogP contribution in [0.3, 0.4) is 0 Å². The van der Waals surface area contributed by atoms with Crippen molar-refractivity contribution in [3.8, 4) is 5.75 Å². The number of rotatable bonds is 8. The zero-order valence-corrected chi connectivity index (χ0v) is 21.5. The van der Waals surface area contributed by atoms with Crippen LogP contribution in [0, 0.1) is 6.92 Å². The number of ether oxygens (including phenoxy) is 1. The average molecular weight is 562 g/mol. The lowest BCUT2D eigenvalue weighted by atomic mass is 10.2. The molecule has 0 spiro atoms. The second kappa shape index (κ2) is 11.2. The van der Waals surface area contributed by atoms with Gasteiger partial charge in [0.1, 0.15) is 12.4 Å². The Morgan fingerprint density at radius 1 is 1.06 bits per heavy atom. The van der Waals surface area contributed by atoms with Crippen LogP contribution in [0.4, 0.5) is 0 Å². The van der Waals surface area contributed by atoms with Crippen LogP contribution in [0.1, 0.15) is 22.5 Å². The second-order valence-corrected chi connectivity index (χ2v) is 9.77. The molecule has 0 aliphatic rings. The first kappa shape index (κ1) is 23.8. The van der Waals surface area contributed by atoms with Crippen LogP contribution in [0.2, 0.25) is 10.0 Å². The Kier molecular flexibility index (Phi) is 8.09. The number of aromatic nitrogens is 3. The van der Waals surface area contributed by atoms with E-state index in [1.165, 1.54) is 11.8 Å². The highest BCUT2D eigenvalue weighted by atomic mass is 79.9. The number of para-hydroxylation sites is 1. The molecule has 0 saturated carbocycles. The van der Waals surface area contributed by atoms with Gasteiger partial charge >= 0.3 is 0 Å². The maximum Gasteiger partial charge on any atom is 0.212 e. The van der Waals surface area contributed by atoms with Crippen LogP contribution in [0.15, 0.2) is 81.5 Å². The molecule has 0 fully saturated rings. The molecule has 4 rings (SSSR count). The number of aryl methyl sites for hydroxylation is 1. The fourth-order valence-electron chi connectivity index (χ4n) is 2.92. The fraction of sp³-hybridized carbons (Fsp3) is 0.125. The molecule has 4 aromatic rings. The van der Waals surface area contributed by atoms with E-state index >= 15 is 0 Å². The highest BCUT2D eigenvalue weighted by molar-refractivity contribution is 9.10. The van der Waals surface area contributed by atoms with Gasteiger partial charge < -0.3 is 4.74 Å². The van der Waals surface area contributed by atoms with Crippen molar-refractivity contribution < 1.29 is 4.74 Å². The van der Waals surface area contributed by atoms with Crippen LogP contribution in [-0.4, -0.2) is 21.1 Å². The number of hydrogen-bond acceptors (Lipinski definition) is 5. The molecule has 0 amide bonds. The fourth-order valence-corrected chi connectivity index (χ4v) is 4.68. The highest BCUT2D eigenvalue weighted by Crippen LogP contribution is 2.28. The first-order valence-electron chi connectivity index (χ1n) is 9.99. The lowest BCUT2D eigenvalue weighted by molar-refractivity contribution is 0.306. The van der Waals surface area contributed by atoms with Crippen LogP contribution >= 0.6 is 50.9 Å². The molecule has 168 valence electrons. The van der Waals surface area contributed by atoms with Crippen molar-refractivity contribution >= 4 is 57.1 Å². The Labute approximate surface area is 214 Å². The van der Waals surface area contributed by atoms with Gasteiger partial charge in [0.15, 0.2) is 5.82 Å². The molecule has 1 aromatic heterocycles. The smallest absolute Gasteiger partial charge is 0.212 e. The summed E-state index contributed by atoms with van der Waals surface area (Å²) in [7, 11) is 0. The van der Waals surface area contributed by atoms with Gasteiger partial charge in [-0.05, 0) is 54.4 Å². The molecule has 3 aromatic carbocycles. The minimum absolute atomic E-state index is 0.465. The molecule has 0 unspecified atom stereocenters. The molecule has 0 aliphatic heterocycles. The first-order chi connectivity index (χ1) is 16.0. The quantitative estimate of drug-likeness (QED) is 0.166. The molecule has 9 heteroatoms. The van der Waals surface area contributed by atoms with E-state index in [0.29, 0.717) is 33.4 Å². The summed E-state index contributed by atoms with van der Waals surface area (Å²) in [4.78, 5) is 0. The zero-order chi connectivity index (χ0) is 23.2. The van der Waals surface area contributed by atoms with Crippen molar-refractivity contribution in [1.29, 1.82) is 0 Å². The van der Waals surface area contributed by atoms with Gasteiger partial charge in [-0.3, -0.25) is 0 Å². The Bertz CT molecular complexity index is 1280. The molecule has 0 aliphatic carbocycles. The largest absolute Gasteiger partial charge is 0.488 e. The van der Waals surface area contributed by atoms with Crippen molar-refractivity contribution in [2.45, 2.75) is 24.4 Å². The minimum atomic E-state index is 0.465. The van der Waals surface area contributed by atoms with Gasteiger partial charge in [-0.2, -0.15) is 9.78 Å². The van der Waals surface area contributed by atoms with Gasteiger partial charge in [0.25, 0.3) is 0 Å². The zero-order valence-electron chi connectivity index (χ0n) is 17.6. The molecule has 5 nitrogen and oxygen atoms in total. The molecule has 0 radical (unpaired) electrons. The molecule has 1 heterocycles. The molecule has 0 N–H and O–H groups in total. The van der Waals surface area contributed by atoms with Crippen molar-refractivity contribution in [1.82, 2.24) is 14.9 Å². The van der Waals surface area contributed by atoms with Gasteiger partial charge in [-0.15, -0.1) is 10.2 Å². The Morgan fingerprint density at radius 3 is 2.64 bits per heavy atom. The van der Waals surface area contributed by atoms with E-state index in [1.807, 2.05) is 67.6 Å². The summed E-state index contributed by atoms with van der Waals surface area (Å²) in [6.45, 7) is 2.33. The second-order valence-electron chi connectivity index (χ2n) is 7.06. The maximum atomic E-state index is 6.29. The summed E-state index contributed by atoms with van der Waals surface area (Å²) in [5, 5.41) is 14.9. The van der Waals surface area contributed by atoms with Gasteiger partial charge in [-0.25, -0.2) is 0 Å². The predicted octanol–water partition coefficient (Wildman–Crippen LogP) is 7.41. The SMILES string of the molecule is Cc1nnc(SCc2ccc(Cl)cc2Cl)n1/N=C/c1ccccc1OCc1ccc(Br)cc1. The van der Waals surface area contributed by atoms with Gasteiger partial charge in [0, 0.05) is 25.8 Å². The van der Waals surface area contributed by atoms with E-state index in [9.17, 15) is 0 Å². The minimum Gasteiger partial charge on any atom is -0.488 e. The number of hydrogen-bond donors (Lipinski definition) is 0. The predicted molar refractivity (Wildman–Crippen MR) is 139 cm³/mol. The molecule has 33 heavy (non-hydrogen) atoms. The standard InChI is InChI=1S/C24H19BrCl2N4OS/c1-16-29-30-24(33-15-19-8-11-21(26)12-22(19)27)31(16)28-13-18-4-2-3-5-23(18)32-14-17-6-9-20(25)10-7-17/h2-13H,14-15H2,1H3/b28-13+. The van der Waals surface area contributed by atoms with E-state index in [0.717, 1.165) is 26.9 Å². The molecular weight excluding hydrogens is 543 g/mol. The van der Waals surface area contributed by atoms with E-state index in [1.54, 1.807) is 17.0 Å². The number of thioether (sulfide) groups is 1. The van der Waals surface area contributed by atoms with Crippen LogP contribution in [0.5, 0.6) is 5.75 Å². The van der Waals surface area contributed by atoms with Gasteiger partial charge in [0.2, 0.25) is 5.16 Å². The summed E-state index contributed by atoms with van der Waals surface area (Å²) in [5.74, 6) is 2.05. The summed E-state index contributed by atoms with van der Waals surface area (Å²) < 4.78 is 8.79. The number of nitrogens with zero attached hydrogens (tertiary/aromatic N) is 4. The highest BCUT2D eigenvalue weighted by Gasteiger charge is 2.11. The third-order valence-electron chi connectivity index (χ3n) is 4.68. The topological polar surface area (TPSA) is 52.3 Å². The third kappa shape index (κ3) is 6.38. The van der Waals surface area contributed by atoms with E-state index in [2.05, 4.69) is 31.2 Å². The van der Waals surface area contributed by atoms with Crippen LogP contribution in [-0.2, 0) is 12.4 Å². The molecule has 0 bridgehead atoms. The normalized spacial score (nSPS) is 11.3. The molecule has 0 saturated heterocycles. The molecule has 0 atom stereocenters. The monoisotopic (exact) mass is 560 g/mol. The van der Waals surface area contributed by atoms with Gasteiger partial charge in [0.05, 0.1) is 6.21 Å². The van der Waals surface area contributed by atoms with Crippen molar-refractivity contribution in [3.05, 3.63) is 104 Å². The average Bonchev–Trinajstić information content (AvgIpc) is 3.16. The van der Waals surface area contributed by atoms with E-state index in [4.69, 9.17) is 27.9 Å². The first-order valence-corrected chi connectivity index (χ1v) is 12.5. The lowest BCUT2D eigenvalue weighted by Crippen LogP contribution is -2.00. The summed E-state index contributed by atoms with van der Waals surface area (Å²) in [5.41, 5.74) is 2.91. The van der Waals surface area contributed by atoms with Gasteiger partial charge in [-0.1, -0.05) is 81.2 Å². The van der Waals surface area contributed by atoms with E-state index < -0.39 is 0 Å². The van der Waals surface area contributed by atoms with Crippen molar-refractivity contribution in [2.24, 2.45) is 5.10 Å². The maximum absolute atomic E-state index is 6.29.